The second-order valence-electron chi connectivity index (χ2n) is 5.94. The van der Waals surface area contributed by atoms with Crippen LogP contribution in [0, 0.1) is 5.21 Å². The van der Waals surface area contributed by atoms with E-state index in [1.807, 2.05) is 32.9 Å². The Bertz CT molecular complexity index is 532. The Hall–Kier alpha value is -2.08. The lowest BCUT2D eigenvalue weighted by atomic mass is 10.0. The van der Waals surface area contributed by atoms with Gasteiger partial charge in [-0.25, -0.2) is 9.78 Å². The fraction of sp³-hybridized carbons (Fsp3) is 0.467. The first-order valence-electron chi connectivity index (χ1n) is 6.90. The van der Waals surface area contributed by atoms with Crippen molar-refractivity contribution in [2.75, 3.05) is 18.6 Å². The van der Waals surface area contributed by atoms with E-state index < -0.39 is 5.60 Å². The average Bonchev–Trinajstić information content (AvgIpc) is 2.46. The van der Waals surface area contributed by atoms with Crippen molar-refractivity contribution < 1.29 is 9.53 Å². The summed E-state index contributed by atoms with van der Waals surface area (Å²) in [6, 6.07) is 3.49. The van der Waals surface area contributed by atoms with Crippen molar-refractivity contribution in [3.05, 3.63) is 35.2 Å². The molecule has 0 radical (unpaired) electrons. The monoisotopic (exact) mass is 290 g/mol. The molecule has 1 aliphatic heterocycles. The van der Waals surface area contributed by atoms with Gasteiger partial charge in [0.25, 0.3) is 0 Å². The fourth-order valence-corrected chi connectivity index (χ4v) is 2.07. The van der Waals surface area contributed by atoms with Crippen molar-refractivity contribution in [3.8, 4) is 0 Å². The molecule has 6 heteroatoms. The quantitative estimate of drug-likeness (QED) is 0.847. The molecule has 0 atom stereocenters. The predicted molar refractivity (Wildman–Crippen MR) is 81.6 cm³/mol. The minimum Gasteiger partial charge on any atom is -0.760 e. The van der Waals surface area contributed by atoms with Crippen LogP contribution in [0.5, 0.6) is 0 Å². The highest BCUT2D eigenvalue weighted by atomic mass is 16.6. The van der Waals surface area contributed by atoms with Crippen LogP contribution in [0.25, 0.3) is 5.57 Å². The van der Waals surface area contributed by atoms with E-state index in [9.17, 15) is 10.0 Å². The Morgan fingerprint density at radius 2 is 2.19 bits per heavy atom. The normalized spacial score (nSPS) is 15.4. The van der Waals surface area contributed by atoms with Crippen LogP contribution in [-0.2, 0) is 4.74 Å². The Labute approximate surface area is 124 Å². The number of rotatable bonds is 2. The molecular weight excluding hydrogens is 270 g/mol. The summed E-state index contributed by atoms with van der Waals surface area (Å²) in [7, 11) is 0. The molecule has 1 aromatic rings. The van der Waals surface area contributed by atoms with Gasteiger partial charge in [0.1, 0.15) is 11.4 Å². The molecule has 0 saturated heterocycles. The van der Waals surface area contributed by atoms with Crippen LogP contribution in [0.1, 0.15) is 32.8 Å². The second-order valence-corrected chi connectivity index (χ2v) is 5.94. The van der Waals surface area contributed by atoms with Crippen LogP contribution in [0.4, 0.5) is 10.6 Å². The first-order chi connectivity index (χ1) is 9.89. The lowest BCUT2D eigenvalue weighted by molar-refractivity contribution is 0.0270. The maximum atomic E-state index is 12.0. The summed E-state index contributed by atoms with van der Waals surface area (Å²) in [6.07, 6.45) is 4.11. The predicted octanol–water partition coefficient (Wildman–Crippen LogP) is 3.02. The number of ether oxygens (including phenoxy) is 1. The molecule has 0 aromatic carbocycles. The topological polar surface area (TPSA) is 77.5 Å². The Morgan fingerprint density at radius 3 is 2.67 bits per heavy atom. The van der Waals surface area contributed by atoms with Gasteiger partial charge in [0.2, 0.25) is 0 Å². The number of carbonyl (C=O) groups is 1. The number of amides is 1. The number of nitrogens with one attached hydrogen (secondary N) is 1. The third-order valence-electron chi connectivity index (χ3n) is 3.10. The van der Waals surface area contributed by atoms with Crippen molar-refractivity contribution in [3.63, 3.8) is 0 Å². The largest absolute Gasteiger partial charge is 0.760 e. The van der Waals surface area contributed by atoms with Crippen molar-refractivity contribution in [2.45, 2.75) is 32.8 Å². The molecule has 2 heterocycles. The molecule has 1 amide bonds. The molecule has 1 aliphatic rings. The van der Waals surface area contributed by atoms with Crippen LogP contribution < -0.4 is 5.48 Å². The molecule has 6 nitrogen and oxygen atoms in total. The van der Waals surface area contributed by atoms with Gasteiger partial charge in [-0.1, -0.05) is 6.08 Å². The summed E-state index contributed by atoms with van der Waals surface area (Å²) in [5.74, 6) is 0.297. The molecule has 0 fully saturated rings. The number of aromatic nitrogens is 1. The molecule has 1 N–H and O–H groups in total. The Morgan fingerprint density at radius 1 is 1.43 bits per heavy atom. The molecule has 0 unspecified atom stereocenters. The van der Waals surface area contributed by atoms with Crippen LogP contribution >= 0.6 is 0 Å². The van der Waals surface area contributed by atoms with Crippen LogP contribution in [0.2, 0.25) is 0 Å². The minimum absolute atomic E-state index is 0.290. The van der Waals surface area contributed by atoms with E-state index in [1.165, 1.54) is 0 Å². The van der Waals surface area contributed by atoms with Gasteiger partial charge in [-0.05, 0) is 50.5 Å². The summed E-state index contributed by atoms with van der Waals surface area (Å²) >= 11 is 0. The molecule has 114 valence electrons. The van der Waals surface area contributed by atoms with Gasteiger partial charge in [-0.3, -0.25) is 0 Å². The summed E-state index contributed by atoms with van der Waals surface area (Å²) < 4.78 is 5.35. The third-order valence-corrected chi connectivity index (χ3v) is 3.10. The maximum Gasteiger partial charge on any atom is 0.410 e. The molecule has 2 rings (SSSR count). The van der Waals surface area contributed by atoms with Crippen molar-refractivity contribution >= 4 is 17.5 Å². The number of carbonyl (C=O) groups excluding carboxylic acids is 1. The van der Waals surface area contributed by atoms with Gasteiger partial charge in [-0.2, -0.15) is 0 Å². The van der Waals surface area contributed by atoms with Crippen LogP contribution in [-0.4, -0.2) is 34.7 Å². The minimum atomic E-state index is -0.480. The number of pyridine rings is 1. The van der Waals surface area contributed by atoms with E-state index in [0.717, 1.165) is 17.6 Å². The fourth-order valence-electron chi connectivity index (χ4n) is 2.07. The SMILES string of the molecule is CC(C)(C)OC(=O)N1CC=C(c2ccc(N[O-])nc2)CC1. The van der Waals surface area contributed by atoms with Gasteiger partial charge < -0.3 is 20.3 Å². The number of anilines is 1. The standard InChI is InChI=1S/C15H20N3O3/c1-15(2,3)21-14(19)18-8-6-11(7-9-18)12-4-5-13(17-20)16-10-12/h4-6,10H,7-9H2,1-3H3,(H-,16,17,20)/q-1. The molecule has 0 spiro atoms. The summed E-state index contributed by atoms with van der Waals surface area (Å²) in [4.78, 5) is 17.6. The molecular formula is C15H20N3O3-. The van der Waals surface area contributed by atoms with Crippen molar-refractivity contribution in [1.82, 2.24) is 9.88 Å². The highest BCUT2D eigenvalue weighted by Gasteiger charge is 2.23. The summed E-state index contributed by atoms with van der Waals surface area (Å²) in [5.41, 5.74) is 3.37. The van der Waals surface area contributed by atoms with Crippen LogP contribution in [0.15, 0.2) is 24.4 Å². The molecule has 21 heavy (non-hydrogen) atoms. The van der Waals surface area contributed by atoms with Gasteiger partial charge in [-0.15, -0.1) is 0 Å². The second kappa shape index (κ2) is 6.13. The zero-order valence-electron chi connectivity index (χ0n) is 12.5. The van der Waals surface area contributed by atoms with Gasteiger partial charge in [0.05, 0.1) is 0 Å². The van der Waals surface area contributed by atoms with E-state index in [1.54, 1.807) is 22.6 Å². The lowest BCUT2D eigenvalue weighted by Gasteiger charge is -2.29. The first-order valence-corrected chi connectivity index (χ1v) is 6.90. The first kappa shape index (κ1) is 15.3. The molecule has 0 bridgehead atoms. The Kier molecular flexibility index (Phi) is 4.47. The van der Waals surface area contributed by atoms with E-state index >= 15 is 0 Å². The number of hydrogen-bond donors (Lipinski definition) is 1. The van der Waals surface area contributed by atoms with E-state index in [-0.39, 0.29) is 6.09 Å². The van der Waals surface area contributed by atoms with Crippen molar-refractivity contribution in [1.29, 1.82) is 0 Å². The zero-order valence-corrected chi connectivity index (χ0v) is 12.5. The van der Waals surface area contributed by atoms with Gasteiger partial charge >= 0.3 is 6.09 Å². The smallest absolute Gasteiger partial charge is 0.410 e. The van der Waals surface area contributed by atoms with Gasteiger partial charge in [0, 0.05) is 19.3 Å². The average molecular weight is 290 g/mol. The molecule has 0 saturated carbocycles. The zero-order chi connectivity index (χ0) is 15.5. The molecule has 0 aliphatic carbocycles. The van der Waals surface area contributed by atoms with E-state index in [2.05, 4.69) is 4.98 Å². The summed E-state index contributed by atoms with van der Waals surface area (Å²) in [6.45, 7) is 6.70. The van der Waals surface area contributed by atoms with Crippen LogP contribution in [0.3, 0.4) is 0 Å². The maximum absolute atomic E-state index is 12.0. The number of nitrogens with zero attached hydrogens (tertiary/aromatic N) is 2. The summed E-state index contributed by atoms with van der Waals surface area (Å²) in [5, 5.41) is 10.5. The molecule has 1 aromatic heterocycles. The van der Waals surface area contributed by atoms with Gasteiger partial charge in [0.15, 0.2) is 0 Å². The lowest BCUT2D eigenvalue weighted by Crippen LogP contribution is -2.39. The third kappa shape index (κ3) is 4.19. The Balaban J connectivity index is 1.99. The number of hydrogen-bond acceptors (Lipinski definition) is 5. The van der Waals surface area contributed by atoms with E-state index in [0.29, 0.717) is 18.9 Å². The highest BCUT2D eigenvalue weighted by Crippen LogP contribution is 2.23. The van der Waals surface area contributed by atoms with E-state index in [4.69, 9.17) is 4.74 Å². The highest BCUT2D eigenvalue weighted by molar-refractivity contribution is 5.72. The van der Waals surface area contributed by atoms with Crippen molar-refractivity contribution in [2.24, 2.45) is 0 Å².